The van der Waals surface area contributed by atoms with E-state index in [1.807, 2.05) is 12.1 Å². The highest BCUT2D eigenvalue weighted by atomic mass is 16.5. The average molecular weight is 407 g/mol. The Morgan fingerprint density at radius 1 is 1.03 bits per heavy atom. The first-order valence-corrected chi connectivity index (χ1v) is 11.1. The summed E-state index contributed by atoms with van der Waals surface area (Å²) >= 11 is 0. The van der Waals surface area contributed by atoms with Gasteiger partial charge in [-0.25, -0.2) is 4.79 Å². The van der Waals surface area contributed by atoms with Crippen molar-refractivity contribution in [3.8, 4) is 5.75 Å². The summed E-state index contributed by atoms with van der Waals surface area (Å²) in [5.41, 5.74) is 3.69. The average Bonchev–Trinajstić information content (AvgIpc) is 2.72. The monoisotopic (exact) mass is 406 g/mol. The Morgan fingerprint density at radius 2 is 1.63 bits per heavy atom. The summed E-state index contributed by atoms with van der Waals surface area (Å²) in [6.07, 6.45) is 7.73. The van der Waals surface area contributed by atoms with Crippen molar-refractivity contribution in [1.29, 1.82) is 0 Å². The molecule has 4 saturated carbocycles. The lowest BCUT2D eigenvalue weighted by Gasteiger charge is -2.57. The zero-order valence-electron chi connectivity index (χ0n) is 17.5. The Bertz CT molecular complexity index is 911. The third-order valence-electron chi connectivity index (χ3n) is 7.86. The first kappa shape index (κ1) is 19.6. The van der Waals surface area contributed by atoms with Gasteiger partial charge in [-0.3, -0.25) is 0 Å². The summed E-state index contributed by atoms with van der Waals surface area (Å²) in [6, 6.07) is 13.0. The maximum atomic E-state index is 11.2. The first-order valence-electron chi connectivity index (χ1n) is 11.1. The van der Waals surface area contributed by atoms with Crippen LogP contribution in [0.3, 0.4) is 0 Å². The van der Waals surface area contributed by atoms with E-state index in [0.29, 0.717) is 6.42 Å². The molecular weight excluding hydrogens is 376 g/mol. The minimum atomic E-state index is -0.929. The topological polar surface area (TPSA) is 66.8 Å². The van der Waals surface area contributed by atoms with Gasteiger partial charge in [0.25, 0.3) is 0 Å². The van der Waals surface area contributed by atoms with Gasteiger partial charge in [0.2, 0.25) is 0 Å². The van der Waals surface area contributed by atoms with Crippen molar-refractivity contribution in [1.82, 2.24) is 0 Å². The summed E-state index contributed by atoms with van der Waals surface area (Å²) in [5, 5.41) is 20.4. The number of ether oxygens (including phenoxy) is 1. The smallest absolute Gasteiger partial charge is 0.335 e. The van der Waals surface area contributed by atoms with Crippen molar-refractivity contribution in [2.24, 2.45) is 17.8 Å². The lowest BCUT2D eigenvalue weighted by molar-refractivity contribution is -0.00672. The van der Waals surface area contributed by atoms with Gasteiger partial charge in [-0.05, 0) is 103 Å². The van der Waals surface area contributed by atoms with Crippen LogP contribution in [0.15, 0.2) is 42.5 Å². The van der Waals surface area contributed by atoms with E-state index in [1.165, 1.54) is 44.1 Å². The molecule has 0 spiro atoms. The van der Waals surface area contributed by atoms with E-state index in [1.54, 1.807) is 31.4 Å². The van der Waals surface area contributed by atoms with Crippen LogP contribution in [0.25, 0.3) is 0 Å². The molecule has 4 heteroatoms. The van der Waals surface area contributed by atoms with Crippen molar-refractivity contribution in [2.75, 3.05) is 7.11 Å². The predicted octanol–water partition coefficient (Wildman–Crippen LogP) is 5.14. The van der Waals surface area contributed by atoms with Crippen LogP contribution in [-0.4, -0.2) is 23.3 Å². The second kappa shape index (κ2) is 7.42. The van der Waals surface area contributed by atoms with E-state index in [2.05, 4.69) is 6.07 Å². The highest BCUT2D eigenvalue weighted by Gasteiger charge is 2.52. The molecule has 158 valence electrons. The quantitative estimate of drug-likeness (QED) is 0.697. The number of benzene rings is 2. The maximum absolute atomic E-state index is 11.2. The van der Waals surface area contributed by atoms with Crippen LogP contribution in [0, 0.1) is 17.8 Å². The van der Waals surface area contributed by atoms with Crippen LogP contribution in [0.2, 0.25) is 0 Å². The molecule has 1 atom stereocenters. The molecule has 0 saturated heterocycles. The molecule has 1 unspecified atom stereocenters. The third-order valence-corrected chi connectivity index (χ3v) is 7.86. The molecule has 4 aliphatic rings. The van der Waals surface area contributed by atoms with Gasteiger partial charge in [0.1, 0.15) is 5.75 Å². The lowest BCUT2D eigenvalue weighted by atomic mass is 9.47. The number of aliphatic hydroxyl groups excluding tert-OH is 1. The van der Waals surface area contributed by atoms with Gasteiger partial charge in [0.15, 0.2) is 0 Å². The van der Waals surface area contributed by atoms with Crippen molar-refractivity contribution in [2.45, 2.75) is 56.5 Å². The molecule has 2 aromatic carbocycles. The summed E-state index contributed by atoms with van der Waals surface area (Å²) in [6.45, 7) is 0. The summed E-state index contributed by atoms with van der Waals surface area (Å²) in [4.78, 5) is 11.1. The fraction of sp³-hybridized carbons (Fsp3) is 0.500. The highest BCUT2D eigenvalue weighted by molar-refractivity contribution is 5.87. The maximum Gasteiger partial charge on any atom is 0.335 e. The zero-order chi connectivity index (χ0) is 20.9. The third kappa shape index (κ3) is 3.41. The number of methoxy groups -OCH3 is 1. The number of aromatic carboxylic acids is 1. The number of carboxylic acid groups (broad SMARTS) is 1. The van der Waals surface area contributed by atoms with Gasteiger partial charge >= 0.3 is 5.97 Å². The predicted molar refractivity (Wildman–Crippen MR) is 115 cm³/mol. The molecule has 0 aromatic heterocycles. The fourth-order valence-electron chi connectivity index (χ4n) is 6.97. The van der Waals surface area contributed by atoms with Crippen LogP contribution in [-0.2, 0) is 11.8 Å². The molecule has 4 fully saturated rings. The van der Waals surface area contributed by atoms with Gasteiger partial charge < -0.3 is 14.9 Å². The molecule has 4 nitrogen and oxygen atoms in total. The molecule has 0 aliphatic heterocycles. The SMILES string of the molecule is COc1ccc(C(O)Cc2ccc(C(=O)O)cc2)c(C23CC4CC(CC(C4)C2)C3)c1. The van der Waals surface area contributed by atoms with Crippen LogP contribution in [0.5, 0.6) is 5.75 Å². The van der Waals surface area contributed by atoms with E-state index >= 15 is 0 Å². The Labute approximate surface area is 177 Å². The Balaban J connectivity index is 1.47. The van der Waals surface area contributed by atoms with E-state index in [4.69, 9.17) is 9.84 Å². The number of rotatable bonds is 6. The van der Waals surface area contributed by atoms with Crippen molar-refractivity contribution < 1.29 is 19.7 Å². The molecular formula is C26H30O4. The van der Waals surface area contributed by atoms with Gasteiger partial charge in [0.05, 0.1) is 18.8 Å². The van der Waals surface area contributed by atoms with Crippen LogP contribution in [0.4, 0.5) is 0 Å². The zero-order valence-corrected chi connectivity index (χ0v) is 17.5. The number of aliphatic hydroxyl groups is 1. The number of hydrogen-bond acceptors (Lipinski definition) is 3. The van der Waals surface area contributed by atoms with E-state index in [0.717, 1.165) is 34.6 Å². The standard InChI is InChI=1S/C26H30O4/c1-30-21-6-7-22(24(27)11-16-2-4-20(5-3-16)25(28)29)23(12-21)26-13-17-8-18(14-26)10-19(9-17)15-26/h2-7,12,17-19,24,27H,8-11,13-15H2,1H3,(H,28,29). The second-order valence-electron chi connectivity index (χ2n) is 9.87. The van der Waals surface area contributed by atoms with Crippen LogP contribution < -0.4 is 4.74 Å². The second-order valence-corrected chi connectivity index (χ2v) is 9.87. The molecule has 6 rings (SSSR count). The summed E-state index contributed by atoms with van der Waals surface area (Å²) in [5.74, 6) is 2.42. The molecule has 0 heterocycles. The Morgan fingerprint density at radius 3 is 2.17 bits per heavy atom. The van der Waals surface area contributed by atoms with E-state index in [-0.39, 0.29) is 11.0 Å². The number of carboxylic acids is 1. The molecule has 4 bridgehead atoms. The molecule has 2 aromatic rings. The number of carbonyl (C=O) groups is 1. The fourth-order valence-corrected chi connectivity index (χ4v) is 6.97. The molecule has 0 radical (unpaired) electrons. The van der Waals surface area contributed by atoms with Crippen LogP contribution >= 0.6 is 0 Å². The molecule has 2 N–H and O–H groups in total. The van der Waals surface area contributed by atoms with Crippen LogP contribution in [0.1, 0.15) is 71.7 Å². The number of hydrogen-bond donors (Lipinski definition) is 2. The van der Waals surface area contributed by atoms with Crippen molar-refractivity contribution in [3.63, 3.8) is 0 Å². The minimum Gasteiger partial charge on any atom is -0.497 e. The largest absolute Gasteiger partial charge is 0.497 e. The Hall–Kier alpha value is -2.33. The van der Waals surface area contributed by atoms with E-state index < -0.39 is 12.1 Å². The van der Waals surface area contributed by atoms with Gasteiger partial charge in [-0.1, -0.05) is 18.2 Å². The Kier molecular flexibility index (Phi) is 4.85. The van der Waals surface area contributed by atoms with E-state index in [9.17, 15) is 9.90 Å². The molecule has 0 amide bonds. The van der Waals surface area contributed by atoms with Crippen molar-refractivity contribution >= 4 is 5.97 Å². The van der Waals surface area contributed by atoms with Crippen molar-refractivity contribution in [3.05, 3.63) is 64.7 Å². The normalized spacial score (nSPS) is 30.3. The lowest BCUT2D eigenvalue weighted by Crippen LogP contribution is -2.49. The van der Waals surface area contributed by atoms with Gasteiger partial charge in [-0.2, -0.15) is 0 Å². The van der Waals surface area contributed by atoms with Gasteiger partial charge in [0, 0.05) is 6.42 Å². The van der Waals surface area contributed by atoms with Gasteiger partial charge in [-0.15, -0.1) is 0 Å². The summed E-state index contributed by atoms with van der Waals surface area (Å²) < 4.78 is 5.57. The summed E-state index contributed by atoms with van der Waals surface area (Å²) in [7, 11) is 1.71. The first-order chi connectivity index (χ1) is 14.5. The highest BCUT2D eigenvalue weighted by Crippen LogP contribution is 2.61. The molecule has 4 aliphatic carbocycles. The minimum absolute atomic E-state index is 0.173. The molecule has 30 heavy (non-hydrogen) atoms.